The molecule has 0 bridgehead atoms. The molecule has 0 unspecified atom stereocenters. The van der Waals surface area contributed by atoms with Gasteiger partial charge in [-0.1, -0.05) is 12.1 Å². The lowest BCUT2D eigenvalue weighted by Crippen LogP contribution is -2.41. The smallest absolute Gasteiger partial charge is 0.279 e. The molecular weight excluding hydrogens is 402 g/mol. The zero-order chi connectivity index (χ0) is 22.8. The Bertz CT molecular complexity index is 852. The minimum atomic E-state index is -0.981. The Morgan fingerprint density at radius 2 is 1.23 bits per heavy atom. The van der Waals surface area contributed by atoms with Crippen LogP contribution in [0.25, 0.3) is 0 Å². The van der Waals surface area contributed by atoms with E-state index in [-0.39, 0.29) is 5.91 Å². The highest BCUT2D eigenvalue weighted by Crippen LogP contribution is 2.29. The van der Waals surface area contributed by atoms with Crippen LogP contribution in [0.4, 0.5) is 0 Å². The molecule has 2 rings (SSSR count). The van der Waals surface area contributed by atoms with Gasteiger partial charge in [-0.2, -0.15) is 0 Å². The maximum Gasteiger partial charge on any atom is 0.279 e. The van der Waals surface area contributed by atoms with Crippen LogP contribution in [-0.4, -0.2) is 66.3 Å². The van der Waals surface area contributed by atoms with E-state index >= 15 is 0 Å². The third-order valence-electron chi connectivity index (χ3n) is 4.88. The van der Waals surface area contributed by atoms with Crippen molar-refractivity contribution in [3.05, 3.63) is 47.5 Å². The van der Waals surface area contributed by atoms with E-state index < -0.39 is 6.29 Å². The van der Waals surface area contributed by atoms with Crippen LogP contribution in [0.2, 0.25) is 0 Å². The second-order valence-electron chi connectivity index (χ2n) is 6.69. The van der Waals surface area contributed by atoms with E-state index in [0.717, 1.165) is 11.1 Å². The number of rotatable bonds is 12. The number of methoxy groups -OCH3 is 6. The minimum absolute atomic E-state index is 0.264. The lowest BCUT2D eigenvalue weighted by atomic mass is 10.1. The quantitative estimate of drug-likeness (QED) is 0.477. The average molecular weight is 434 g/mol. The molecule has 0 spiro atoms. The predicted octanol–water partition coefficient (Wildman–Crippen LogP) is 2.91. The maximum absolute atomic E-state index is 13.0. The van der Waals surface area contributed by atoms with Crippen molar-refractivity contribution >= 4 is 5.91 Å². The molecule has 0 saturated carbocycles. The van der Waals surface area contributed by atoms with Gasteiger partial charge in [0.2, 0.25) is 6.29 Å². The Hall–Kier alpha value is -2.97. The summed E-state index contributed by atoms with van der Waals surface area (Å²) in [7, 11) is 9.22. The number of benzene rings is 2. The molecule has 0 aliphatic rings. The number of nitrogens with zero attached hydrogens (tertiary/aromatic N) is 1. The van der Waals surface area contributed by atoms with Gasteiger partial charge in [-0.3, -0.25) is 4.79 Å². The van der Waals surface area contributed by atoms with Crippen LogP contribution < -0.4 is 18.9 Å². The fourth-order valence-electron chi connectivity index (χ4n) is 3.21. The van der Waals surface area contributed by atoms with Gasteiger partial charge >= 0.3 is 0 Å². The van der Waals surface area contributed by atoms with Crippen molar-refractivity contribution in [1.29, 1.82) is 0 Å². The summed E-state index contributed by atoms with van der Waals surface area (Å²) in [6.07, 6.45) is -0.370. The van der Waals surface area contributed by atoms with E-state index in [1.54, 1.807) is 33.3 Å². The molecule has 0 saturated heterocycles. The van der Waals surface area contributed by atoms with Crippen molar-refractivity contribution in [2.75, 3.05) is 49.2 Å². The van der Waals surface area contributed by atoms with Gasteiger partial charge in [0.1, 0.15) is 0 Å². The molecule has 0 aliphatic heterocycles. The first-order valence-electron chi connectivity index (χ1n) is 9.77. The Morgan fingerprint density at radius 1 is 0.742 bits per heavy atom. The standard InChI is InChI=1S/C23H31NO7/c1-26-18-9-7-16(13-20(18)28-3)11-12-24(22(25)23(30-5)31-6)15-17-8-10-19(27-2)21(14-17)29-4/h7-10,13-14,23H,11-12,15H2,1-6H3. The first-order valence-corrected chi connectivity index (χ1v) is 9.77. The fourth-order valence-corrected chi connectivity index (χ4v) is 3.21. The maximum atomic E-state index is 13.0. The highest BCUT2D eigenvalue weighted by atomic mass is 16.7. The SMILES string of the molecule is COc1ccc(CCN(Cc2ccc(OC)c(OC)c2)C(=O)C(OC)OC)cc1OC. The van der Waals surface area contributed by atoms with Crippen molar-refractivity contribution < 1.29 is 33.2 Å². The van der Waals surface area contributed by atoms with Gasteiger partial charge in [0.25, 0.3) is 5.91 Å². The summed E-state index contributed by atoms with van der Waals surface area (Å²) >= 11 is 0. The van der Waals surface area contributed by atoms with Crippen molar-refractivity contribution in [2.24, 2.45) is 0 Å². The monoisotopic (exact) mass is 433 g/mol. The van der Waals surface area contributed by atoms with E-state index in [4.69, 9.17) is 28.4 Å². The number of hydrogen-bond donors (Lipinski definition) is 0. The highest BCUT2D eigenvalue weighted by molar-refractivity contribution is 5.79. The second kappa shape index (κ2) is 12.0. The van der Waals surface area contributed by atoms with E-state index in [2.05, 4.69) is 0 Å². The van der Waals surface area contributed by atoms with E-state index in [0.29, 0.717) is 42.5 Å². The number of hydrogen-bond acceptors (Lipinski definition) is 7. The van der Waals surface area contributed by atoms with Crippen molar-refractivity contribution in [2.45, 2.75) is 19.3 Å². The first kappa shape index (κ1) is 24.3. The number of amides is 1. The molecular formula is C23H31NO7. The van der Waals surface area contributed by atoms with Crippen LogP contribution in [0.5, 0.6) is 23.0 Å². The minimum Gasteiger partial charge on any atom is -0.493 e. The third-order valence-corrected chi connectivity index (χ3v) is 4.88. The van der Waals surface area contributed by atoms with E-state index in [1.807, 2.05) is 36.4 Å². The van der Waals surface area contributed by atoms with E-state index in [9.17, 15) is 4.79 Å². The van der Waals surface area contributed by atoms with Gasteiger partial charge in [0, 0.05) is 27.3 Å². The van der Waals surface area contributed by atoms with Crippen LogP contribution in [0.15, 0.2) is 36.4 Å². The number of carbonyl (C=O) groups is 1. The number of ether oxygens (including phenoxy) is 6. The molecule has 0 N–H and O–H groups in total. The Labute approximate surface area is 183 Å². The Kier molecular flexibility index (Phi) is 9.42. The number of carbonyl (C=O) groups excluding carboxylic acids is 1. The highest BCUT2D eigenvalue weighted by Gasteiger charge is 2.24. The molecule has 170 valence electrons. The van der Waals surface area contributed by atoms with E-state index in [1.165, 1.54) is 14.2 Å². The lowest BCUT2D eigenvalue weighted by molar-refractivity contribution is -0.170. The van der Waals surface area contributed by atoms with Gasteiger partial charge in [-0.15, -0.1) is 0 Å². The van der Waals surface area contributed by atoms with Crippen LogP contribution >= 0.6 is 0 Å². The molecule has 0 atom stereocenters. The summed E-state index contributed by atoms with van der Waals surface area (Å²) in [5, 5.41) is 0. The molecule has 0 aromatic heterocycles. The van der Waals surface area contributed by atoms with Gasteiger partial charge in [0.15, 0.2) is 23.0 Å². The molecule has 8 heteroatoms. The van der Waals surface area contributed by atoms with Crippen molar-refractivity contribution in [3.63, 3.8) is 0 Å². The molecule has 2 aromatic rings. The van der Waals surface area contributed by atoms with Crippen molar-refractivity contribution in [3.8, 4) is 23.0 Å². The molecule has 0 fully saturated rings. The molecule has 31 heavy (non-hydrogen) atoms. The Morgan fingerprint density at radius 3 is 1.71 bits per heavy atom. The molecule has 0 heterocycles. The van der Waals surface area contributed by atoms with Crippen LogP contribution in [0.3, 0.4) is 0 Å². The predicted molar refractivity (Wildman–Crippen MR) is 116 cm³/mol. The zero-order valence-electron chi connectivity index (χ0n) is 19.0. The zero-order valence-corrected chi connectivity index (χ0v) is 19.0. The third kappa shape index (κ3) is 6.26. The largest absolute Gasteiger partial charge is 0.493 e. The van der Waals surface area contributed by atoms with Crippen LogP contribution in [-0.2, 0) is 27.2 Å². The van der Waals surface area contributed by atoms with Gasteiger partial charge in [0.05, 0.1) is 28.4 Å². The lowest BCUT2D eigenvalue weighted by Gasteiger charge is -2.26. The van der Waals surface area contributed by atoms with Gasteiger partial charge in [-0.25, -0.2) is 0 Å². The molecule has 1 amide bonds. The summed E-state index contributed by atoms with van der Waals surface area (Å²) < 4.78 is 31.7. The topological polar surface area (TPSA) is 75.7 Å². The van der Waals surface area contributed by atoms with Gasteiger partial charge < -0.3 is 33.3 Å². The first-order chi connectivity index (χ1) is 15.0. The summed E-state index contributed by atoms with van der Waals surface area (Å²) in [5.41, 5.74) is 1.90. The van der Waals surface area contributed by atoms with Crippen molar-refractivity contribution in [1.82, 2.24) is 4.90 Å². The molecule has 8 nitrogen and oxygen atoms in total. The second-order valence-corrected chi connectivity index (χ2v) is 6.69. The summed E-state index contributed by atoms with van der Waals surface area (Å²) in [6.45, 7) is 0.807. The van der Waals surface area contributed by atoms with Gasteiger partial charge in [-0.05, 0) is 41.8 Å². The average Bonchev–Trinajstić information content (AvgIpc) is 2.81. The normalized spacial score (nSPS) is 10.7. The summed E-state index contributed by atoms with van der Waals surface area (Å²) in [6, 6.07) is 11.3. The fraction of sp³-hybridized carbons (Fsp3) is 0.435. The molecule has 2 aromatic carbocycles. The molecule has 0 radical (unpaired) electrons. The summed E-state index contributed by atoms with van der Waals surface area (Å²) in [5.74, 6) is 2.26. The Balaban J connectivity index is 2.24. The summed E-state index contributed by atoms with van der Waals surface area (Å²) in [4.78, 5) is 14.7. The van der Waals surface area contributed by atoms with Crippen LogP contribution in [0.1, 0.15) is 11.1 Å². The van der Waals surface area contributed by atoms with Crippen LogP contribution in [0, 0.1) is 0 Å². The molecule has 0 aliphatic carbocycles.